The Hall–Kier alpha value is -1.48. The van der Waals surface area contributed by atoms with Crippen LogP contribution in [-0.4, -0.2) is 11.9 Å². The van der Waals surface area contributed by atoms with Crippen LogP contribution in [0.25, 0.3) is 4.91 Å². The van der Waals surface area contributed by atoms with Gasteiger partial charge in [0, 0.05) is 10.9 Å². The van der Waals surface area contributed by atoms with Crippen LogP contribution in [0.2, 0.25) is 0 Å². The van der Waals surface area contributed by atoms with E-state index in [2.05, 4.69) is 42.2 Å². The molecular formula is C19H23NOS. The van der Waals surface area contributed by atoms with Gasteiger partial charge in [0.25, 0.3) is 5.91 Å². The first-order valence-electron chi connectivity index (χ1n) is 8.20. The van der Waals surface area contributed by atoms with Gasteiger partial charge in [0.05, 0.1) is 4.91 Å². The number of thioether (sulfide) groups is 1. The zero-order valence-corrected chi connectivity index (χ0v) is 13.8. The smallest absolute Gasteiger partial charge is 0.257 e. The van der Waals surface area contributed by atoms with Crippen molar-refractivity contribution in [3.8, 4) is 0 Å². The number of benzene rings is 1. The zero-order valence-electron chi connectivity index (χ0n) is 12.9. The zero-order chi connectivity index (χ0) is 15.4. The molecule has 0 radical (unpaired) electrons. The molecule has 1 fully saturated rings. The van der Waals surface area contributed by atoms with Crippen molar-refractivity contribution in [3.05, 3.63) is 53.0 Å². The number of rotatable bonds is 2. The average Bonchev–Trinajstić information content (AvgIpc) is 3.33. The van der Waals surface area contributed by atoms with Gasteiger partial charge in [0.15, 0.2) is 0 Å². The summed E-state index contributed by atoms with van der Waals surface area (Å²) >= 11 is 1.53. The maximum atomic E-state index is 12.4. The van der Waals surface area contributed by atoms with E-state index in [0.29, 0.717) is 6.04 Å². The van der Waals surface area contributed by atoms with Crippen LogP contribution in [0.3, 0.4) is 0 Å². The Morgan fingerprint density at radius 1 is 1.18 bits per heavy atom. The fraction of sp³-hybridized carbons (Fsp3) is 0.421. The Balaban J connectivity index is 1.81. The van der Waals surface area contributed by atoms with Crippen LogP contribution < -0.4 is 5.32 Å². The van der Waals surface area contributed by atoms with Gasteiger partial charge in [-0.1, -0.05) is 55.1 Å². The van der Waals surface area contributed by atoms with E-state index in [1.54, 1.807) is 0 Å². The maximum absolute atomic E-state index is 12.4. The molecule has 22 heavy (non-hydrogen) atoms. The highest BCUT2D eigenvalue weighted by molar-refractivity contribution is 8.12. The van der Waals surface area contributed by atoms with Gasteiger partial charge in [-0.05, 0) is 49.7 Å². The van der Waals surface area contributed by atoms with Crippen molar-refractivity contribution >= 4 is 22.6 Å². The number of fused-ring (bicyclic) bond motifs is 1. The molecule has 2 aliphatic rings. The number of amides is 1. The second-order valence-corrected chi connectivity index (χ2v) is 7.23. The summed E-state index contributed by atoms with van der Waals surface area (Å²) in [7, 11) is 0. The molecule has 0 bridgehead atoms. The maximum Gasteiger partial charge on any atom is 0.257 e. The van der Waals surface area contributed by atoms with Crippen LogP contribution in [-0.2, 0) is 11.2 Å². The Labute approximate surface area is 137 Å². The normalized spacial score (nSPS) is 19.6. The number of carbonyl (C=O) groups is 1. The van der Waals surface area contributed by atoms with E-state index >= 15 is 0 Å². The molecule has 0 unspecified atom stereocenters. The van der Waals surface area contributed by atoms with Crippen molar-refractivity contribution in [2.24, 2.45) is 0 Å². The summed E-state index contributed by atoms with van der Waals surface area (Å²) in [5.74, 6) is 0.0744. The first kappa shape index (κ1) is 15.4. The van der Waals surface area contributed by atoms with Crippen LogP contribution in [0, 0.1) is 0 Å². The first-order valence-corrected chi connectivity index (χ1v) is 9.02. The highest BCUT2D eigenvalue weighted by atomic mass is 32.2. The second kappa shape index (κ2) is 7.19. The van der Waals surface area contributed by atoms with Gasteiger partial charge in [0.2, 0.25) is 0 Å². The van der Waals surface area contributed by atoms with Crippen molar-refractivity contribution in [3.63, 3.8) is 0 Å². The molecule has 0 aromatic heterocycles. The number of allylic oxidation sites excluding steroid dienone is 1. The van der Waals surface area contributed by atoms with Gasteiger partial charge in [-0.2, -0.15) is 0 Å². The highest BCUT2D eigenvalue weighted by Gasteiger charge is 2.25. The summed E-state index contributed by atoms with van der Waals surface area (Å²) in [5.41, 5.74) is 2.54. The third kappa shape index (κ3) is 4.04. The van der Waals surface area contributed by atoms with Gasteiger partial charge >= 0.3 is 0 Å². The topological polar surface area (TPSA) is 29.1 Å². The molecule has 1 aliphatic carbocycles. The monoisotopic (exact) mass is 313 g/mol. The average molecular weight is 313 g/mol. The molecule has 1 aromatic carbocycles. The molecule has 3 rings (SSSR count). The molecule has 116 valence electrons. The van der Waals surface area contributed by atoms with E-state index in [4.69, 9.17) is 0 Å². The summed E-state index contributed by atoms with van der Waals surface area (Å²) < 4.78 is 0. The number of aryl methyl sites for hydroxylation is 1. The van der Waals surface area contributed by atoms with Crippen molar-refractivity contribution in [2.45, 2.75) is 51.0 Å². The lowest BCUT2D eigenvalue weighted by atomic mass is 10.0. The summed E-state index contributed by atoms with van der Waals surface area (Å²) in [6, 6.07) is 8.85. The minimum absolute atomic E-state index is 0.0744. The van der Waals surface area contributed by atoms with Crippen molar-refractivity contribution in [1.82, 2.24) is 5.32 Å². The molecular weight excluding hydrogens is 290 g/mol. The van der Waals surface area contributed by atoms with Gasteiger partial charge < -0.3 is 5.32 Å². The number of hydrogen-bond acceptors (Lipinski definition) is 2. The summed E-state index contributed by atoms with van der Waals surface area (Å²) in [4.78, 5) is 14.2. The van der Waals surface area contributed by atoms with Crippen LogP contribution >= 0.6 is 11.8 Å². The van der Waals surface area contributed by atoms with Crippen LogP contribution in [0.5, 0.6) is 0 Å². The summed E-state index contributed by atoms with van der Waals surface area (Å²) in [5, 5.41) is 3.10. The fourth-order valence-electron chi connectivity index (χ4n) is 2.73. The van der Waals surface area contributed by atoms with Crippen LogP contribution in [0.4, 0.5) is 0 Å². The Morgan fingerprint density at radius 2 is 2.00 bits per heavy atom. The Bertz CT molecular complexity index is 601. The number of hydrogen-bond donors (Lipinski definition) is 1. The molecule has 1 saturated carbocycles. The van der Waals surface area contributed by atoms with Gasteiger partial charge in [0.1, 0.15) is 0 Å². The van der Waals surface area contributed by atoms with Crippen molar-refractivity contribution in [2.75, 3.05) is 0 Å². The summed E-state index contributed by atoms with van der Waals surface area (Å²) in [6.07, 6.45) is 9.97. The molecule has 2 nitrogen and oxygen atoms in total. The SMILES string of the molecule is C=C1SC(C(=O)NC2CC2)=CCCCCCc2ccccc21. The number of carbonyl (C=O) groups excluding carboxylic acids is 1. The predicted octanol–water partition coefficient (Wildman–Crippen LogP) is 4.67. The Kier molecular flexibility index (Phi) is 5.04. The van der Waals surface area contributed by atoms with Gasteiger partial charge in [-0.25, -0.2) is 0 Å². The van der Waals surface area contributed by atoms with Crippen molar-refractivity contribution < 1.29 is 4.79 Å². The van der Waals surface area contributed by atoms with E-state index in [1.807, 2.05) is 0 Å². The molecule has 1 aliphatic heterocycles. The van der Waals surface area contributed by atoms with Crippen LogP contribution in [0.15, 0.2) is 41.8 Å². The number of nitrogens with one attached hydrogen (secondary N) is 1. The lowest BCUT2D eigenvalue weighted by Gasteiger charge is -2.13. The molecule has 0 spiro atoms. The minimum Gasteiger partial charge on any atom is -0.349 e. The highest BCUT2D eigenvalue weighted by Crippen LogP contribution is 2.36. The molecule has 1 amide bonds. The van der Waals surface area contributed by atoms with Crippen LogP contribution in [0.1, 0.15) is 49.7 Å². The second-order valence-electron chi connectivity index (χ2n) is 6.10. The van der Waals surface area contributed by atoms with E-state index < -0.39 is 0 Å². The fourth-order valence-corrected chi connectivity index (χ4v) is 3.66. The third-order valence-corrected chi connectivity index (χ3v) is 5.21. The molecule has 0 saturated heterocycles. The molecule has 0 atom stereocenters. The molecule has 1 N–H and O–H groups in total. The van der Waals surface area contributed by atoms with Crippen molar-refractivity contribution in [1.29, 1.82) is 0 Å². The summed E-state index contributed by atoms with van der Waals surface area (Å²) in [6.45, 7) is 4.23. The predicted molar refractivity (Wildman–Crippen MR) is 94.5 cm³/mol. The van der Waals surface area contributed by atoms with E-state index in [1.165, 1.54) is 35.7 Å². The first-order chi connectivity index (χ1) is 10.7. The van der Waals surface area contributed by atoms with Gasteiger partial charge in [-0.3, -0.25) is 4.79 Å². The molecule has 1 aromatic rings. The molecule has 3 heteroatoms. The van der Waals surface area contributed by atoms with Gasteiger partial charge in [-0.15, -0.1) is 0 Å². The van der Waals surface area contributed by atoms with E-state index in [-0.39, 0.29) is 5.91 Å². The van der Waals surface area contributed by atoms with E-state index in [0.717, 1.165) is 41.9 Å². The lowest BCUT2D eigenvalue weighted by Crippen LogP contribution is -2.26. The molecule has 1 heterocycles. The lowest BCUT2D eigenvalue weighted by molar-refractivity contribution is -0.116. The quantitative estimate of drug-likeness (QED) is 0.859. The largest absolute Gasteiger partial charge is 0.349 e. The minimum atomic E-state index is 0.0744. The standard InChI is InChI=1S/C19H23NOS/c1-14-17-10-7-6-9-15(17)8-4-2-3-5-11-18(22-14)19(21)20-16-12-13-16/h6-7,9-11,16H,1-5,8,12-13H2,(H,20,21). The third-order valence-electron chi connectivity index (χ3n) is 4.17. The van der Waals surface area contributed by atoms with E-state index in [9.17, 15) is 4.79 Å². The Morgan fingerprint density at radius 3 is 2.82 bits per heavy atom.